The molecule has 0 aliphatic heterocycles. The number of hydrogen-bond donors (Lipinski definition) is 0. The predicted octanol–water partition coefficient (Wildman–Crippen LogP) is 7.35. The molecule has 0 bridgehead atoms. The van der Waals surface area contributed by atoms with Crippen LogP contribution in [0.1, 0.15) is 94.2 Å². The molecule has 5 unspecified atom stereocenters. The van der Waals surface area contributed by atoms with E-state index < -0.39 is 17.2 Å². The van der Waals surface area contributed by atoms with Gasteiger partial charge in [0.25, 0.3) is 0 Å². The van der Waals surface area contributed by atoms with E-state index >= 15 is 0 Å². The zero-order valence-corrected chi connectivity index (χ0v) is 17.9. The van der Waals surface area contributed by atoms with E-state index in [0.717, 1.165) is 36.2 Å². The van der Waals surface area contributed by atoms with Crippen LogP contribution in [0.3, 0.4) is 0 Å². The lowest BCUT2D eigenvalue weighted by Gasteiger charge is -2.45. The van der Waals surface area contributed by atoms with Crippen molar-refractivity contribution in [3.05, 3.63) is 34.4 Å². The van der Waals surface area contributed by atoms with Crippen molar-refractivity contribution in [2.45, 2.75) is 90.4 Å². The second-order valence-corrected chi connectivity index (χ2v) is 10.1. The molecule has 158 valence electrons. The highest BCUT2D eigenvalue weighted by atomic mass is 19.1. The number of fused-ring (bicyclic) bond motifs is 2. The first-order valence-corrected chi connectivity index (χ1v) is 12.0. The topological polar surface area (TPSA) is 23.8 Å². The molecule has 1 aromatic carbocycles. The molecule has 5 atom stereocenters. The Hall–Kier alpha value is -1.43. The van der Waals surface area contributed by atoms with Gasteiger partial charge < -0.3 is 0 Å². The van der Waals surface area contributed by atoms with Gasteiger partial charge in [-0.25, -0.2) is 8.78 Å². The van der Waals surface area contributed by atoms with Crippen LogP contribution in [0.5, 0.6) is 0 Å². The molecule has 0 aromatic heterocycles. The van der Waals surface area contributed by atoms with Gasteiger partial charge >= 0.3 is 0 Å². The Kier molecular flexibility index (Phi) is 6.57. The molecule has 2 fully saturated rings. The monoisotopic (exact) mass is 399 g/mol. The number of halogens is 2. The molecule has 1 aromatic rings. The lowest BCUT2D eigenvalue weighted by Crippen LogP contribution is -2.35. The van der Waals surface area contributed by atoms with Gasteiger partial charge in [0.2, 0.25) is 0 Å². The molecular formula is C26H35F2N. The van der Waals surface area contributed by atoms with Crippen molar-refractivity contribution in [2.75, 3.05) is 0 Å². The summed E-state index contributed by atoms with van der Waals surface area (Å²) in [5.41, 5.74) is 1.01. The van der Waals surface area contributed by atoms with E-state index in [1.54, 1.807) is 6.07 Å². The number of rotatable bonds is 5. The van der Waals surface area contributed by atoms with Gasteiger partial charge in [0.05, 0.1) is 0 Å². The molecule has 1 nitrogen and oxygen atoms in total. The van der Waals surface area contributed by atoms with Crippen LogP contribution in [-0.2, 0) is 12.8 Å². The fraction of sp³-hybridized carbons (Fsp3) is 0.731. The summed E-state index contributed by atoms with van der Waals surface area (Å²) in [5, 5.41) is 9.02. The van der Waals surface area contributed by atoms with E-state index in [4.69, 9.17) is 5.26 Å². The van der Waals surface area contributed by atoms with Gasteiger partial charge in [0.15, 0.2) is 0 Å². The molecule has 0 saturated heterocycles. The normalized spacial score (nSPS) is 31.6. The average molecular weight is 400 g/mol. The first-order valence-electron chi connectivity index (χ1n) is 12.0. The van der Waals surface area contributed by atoms with E-state index in [1.807, 2.05) is 0 Å². The molecule has 0 radical (unpaired) electrons. The summed E-state index contributed by atoms with van der Waals surface area (Å²) in [4.78, 5) is 0. The van der Waals surface area contributed by atoms with Crippen molar-refractivity contribution < 1.29 is 8.78 Å². The predicted molar refractivity (Wildman–Crippen MR) is 112 cm³/mol. The van der Waals surface area contributed by atoms with Gasteiger partial charge in [-0.2, -0.15) is 5.26 Å². The maximum Gasteiger partial charge on any atom is 0.147 e. The Balaban J connectivity index is 1.36. The van der Waals surface area contributed by atoms with Gasteiger partial charge in [-0.1, -0.05) is 39.0 Å². The van der Waals surface area contributed by atoms with Crippen LogP contribution in [0.25, 0.3) is 0 Å². The molecule has 29 heavy (non-hydrogen) atoms. The Labute approximate surface area is 174 Å². The van der Waals surface area contributed by atoms with Crippen LogP contribution in [0.2, 0.25) is 0 Å². The molecule has 3 aliphatic carbocycles. The molecule has 3 heteroatoms. The summed E-state index contributed by atoms with van der Waals surface area (Å²) in [7, 11) is 0. The quantitative estimate of drug-likeness (QED) is 0.475. The maximum absolute atomic E-state index is 14.5. The second-order valence-electron chi connectivity index (χ2n) is 10.1. The summed E-state index contributed by atoms with van der Waals surface area (Å²) in [5.74, 6) is 2.74. The molecule has 2 saturated carbocycles. The Morgan fingerprint density at radius 2 is 1.69 bits per heavy atom. The zero-order chi connectivity index (χ0) is 20.4. The van der Waals surface area contributed by atoms with Gasteiger partial charge in [0.1, 0.15) is 23.3 Å². The van der Waals surface area contributed by atoms with Crippen LogP contribution in [-0.4, -0.2) is 0 Å². The lowest BCUT2D eigenvalue weighted by atomic mass is 9.60. The van der Waals surface area contributed by atoms with E-state index in [-0.39, 0.29) is 0 Å². The number of nitrogens with zero attached hydrogens (tertiary/aromatic N) is 1. The summed E-state index contributed by atoms with van der Waals surface area (Å²) >= 11 is 0. The van der Waals surface area contributed by atoms with Gasteiger partial charge in [-0.05, 0) is 98.1 Å². The zero-order valence-electron chi connectivity index (χ0n) is 17.9. The standard InChI is InChI=1S/C26H35F2N/c1-2-3-4-5-17-6-7-19-13-20(9-8-18(19)12-17)21-10-11-23-22(14-21)15-25(27)24(16-29)26(23)28/h15,17-21H,2-14H2,1H3. The molecule has 0 amide bonds. The van der Waals surface area contributed by atoms with Crippen LogP contribution in [0.15, 0.2) is 6.07 Å². The number of hydrogen-bond acceptors (Lipinski definition) is 1. The third-order valence-corrected chi connectivity index (χ3v) is 8.42. The number of unbranched alkanes of at least 4 members (excludes halogenated alkanes) is 2. The minimum atomic E-state index is -0.686. The van der Waals surface area contributed by atoms with Crippen molar-refractivity contribution in [1.82, 2.24) is 0 Å². The first-order chi connectivity index (χ1) is 14.1. The van der Waals surface area contributed by atoms with Crippen LogP contribution in [0, 0.1) is 52.6 Å². The summed E-state index contributed by atoms with van der Waals surface area (Å²) in [6.07, 6.45) is 16.2. The van der Waals surface area contributed by atoms with Crippen LogP contribution < -0.4 is 0 Å². The Morgan fingerprint density at radius 1 is 0.966 bits per heavy atom. The van der Waals surface area contributed by atoms with Crippen LogP contribution >= 0.6 is 0 Å². The van der Waals surface area contributed by atoms with Crippen molar-refractivity contribution in [1.29, 1.82) is 5.26 Å². The Bertz CT molecular complexity index is 765. The maximum atomic E-state index is 14.5. The highest BCUT2D eigenvalue weighted by Crippen LogP contribution is 2.49. The number of benzene rings is 1. The molecular weight excluding hydrogens is 364 g/mol. The Morgan fingerprint density at radius 3 is 2.45 bits per heavy atom. The van der Waals surface area contributed by atoms with E-state index in [9.17, 15) is 8.78 Å². The fourth-order valence-electron chi connectivity index (χ4n) is 6.78. The van der Waals surface area contributed by atoms with Crippen LogP contribution in [0.4, 0.5) is 8.78 Å². The van der Waals surface area contributed by atoms with Crippen molar-refractivity contribution in [3.63, 3.8) is 0 Å². The third kappa shape index (κ3) is 4.37. The largest absolute Gasteiger partial charge is 0.205 e. The lowest BCUT2D eigenvalue weighted by molar-refractivity contribution is 0.0688. The van der Waals surface area contributed by atoms with Gasteiger partial charge in [-0.15, -0.1) is 0 Å². The molecule has 0 heterocycles. The SMILES string of the molecule is CCCCCC1CCC2CC(C3CCc4c(cc(F)c(C#N)c4F)C3)CCC2C1. The third-order valence-electron chi connectivity index (χ3n) is 8.42. The summed E-state index contributed by atoms with van der Waals surface area (Å²) in [6.45, 7) is 2.28. The minimum Gasteiger partial charge on any atom is -0.205 e. The molecule has 4 rings (SSSR count). The highest BCUT2D eigenvalue weighted by molar-refractivity contribution is 5.42. The summed E-state index contributed by atoms with van der Waals surface area (Å²) in [6, 6.07) is 3.13. The van der Waals surface area contributed by atoms with Crippen molar-refractivity contribution in [3.8, 4) is 6.07 Å². The van der Waals surface area contributed by atoms with Crippen molar-refractivity contribution >= 4 is 0 Å². The number of nitriles is 1. The fourth-order valence-corrected chi connectivity index (χ4v) is 6.78. The smallest absolute Gasteiger partial charge is 0.147 e. The van der Waals surface area contributed by atoms with Gasteiger partial charge in [-0.3, -0.25) is 0 Å². The molecule has 0 N–H and O–H groups in total. The van der Waals surface area contributed by atoms with Gasteiger partial charge in [0, 0.05) is 0 Å². The van der Waals surface area contributed by atoms with E-state index in [0.29, 0.717) is 23.8 Å². The molecule has 3 aliphatic rings. The minimum absolute atomic E-state index is 0.404. The molecule has 0 spiro atoms. The van der Waals surface area contributed by atoms with E-state index in [2.05, 4.69) is 6.92 Å². The summed E-state index contributed by atoms with van der Waals surface area (Å²) < 4.78 is 28.6. The van der Waals surface area contributed by atoms with E-state index in [1.165, 1.54) is 70.3 Å². The van der Waals surface area contributed by atoms with Crippen molar-refractivity contribution in [2.24, 2.45) is 29.6 Å². The highest BCUT2D eigenvalue weighted by Gasteiger charge is 2.39. The second kappa shape index (κ2) is 9.15. The first kappa shape index (κ1) is 20.8. The average Bonchev–Trinajstić information content (AvgIpc) is 2.73.